The Balaban J connectivity index is 1.94. The first-order chi connectivity index (χ1) is 8.78. The molecule has 2 heterocycles. The molecule has 1 aliphatic heterocycles. The van der Waals surface area contributed by atoms with Crippen LogP contribution in [0.15, 0.2) is 30.6 Å². The Labute approximate surface area is 107 Å². The molecule has 0 spiro atoms. The summed E-state index contributed by atoms with van der Waals surface area (Å²) in [6, 6.07) is 6.84. The fraction of sp³-hybridized carbons (Fsp3) is 0.429. The van der Waals surface area contributed by atoms with Gasteiger partial charge in [0.25, 0.3) is 0 Å². The van der Waals surface area contributed by atoms with E-state index in [9.17, 15) is 0 Å². The highest BCUT2D eigenvalue weighted by molar-refractivity contribution is 5.74. The van der Waals surface area contributed by atoms with E-state index in [1.54, 1.807) is 12.4 Å². The van der Waals surface area contributed by atoms with Crippen LogP contribution in [-0.4, -0.2) is 35.0 Å². The van der Waals surface area contributed by atoms with Crippen molar-refractivity contribution in [1.82, 2.24) is 14.9 Å². The van der Waals surface area contributed by atoms with Gasteiger partial charge in [-0.1, -0.05) is 6.07 Å². The summed E-state index contributed by atoms with van der Waals surface area (Å²) in [6.45, 7) is 1.86. The highest BCUT2D eigenvalue weighted by Crippen LogP contribution is 2.34. The molecule has 0 bridgehead atoms. The van der Waals surface area contributed by atoms with Crippen LogP contribution in [0.1, 0.15) is 18.0 Å². The molecular formula is C14H18N4. The van der Waals surface area contributed by atoms with Crippen molar-refractivity contribution in [2.24, 2.45) is 11.7 Å². The lowest BCUT2D eigenvalue weighted by Crippen LogP contribution is -2.20. The van der Waals surface area contributed by atoms with Crippen molar-refractivity contribution in [2.75, 3.05) is 20.1 Å². The summed E-state index contributed by atoms with van der Waals surface area (Å²) in [4.78, 5) is 11.1. The van der Waals surface area contributed by atoms with E-state index in [0.29, 0.717) is 12.0 Å². The predicted octanol–water partition coefficient (Wildman–Crippen LogP) is 1.58. The maximum atomic E-state index is 5.78. The van der Waals surface area contributed by atoms with Crippen LogP contribution in [0.5, 0.6) is 0 Å². The number of fused-ring (bicyclic) bond motifs is 1. The van der Waals surface area contributed by atoms with E-state index in [4.69, 9.17) is 5.73 Å². The number of rotatable bonds is 2. The van der Waals surface area contributed by atoms with Crippen molar-refractivity contribution in [3.63, 3.8) is 0 Å². The topological polar surface area (TPSA) is 55.0 Å². The van der Waals surface area contributed by atoms with Crippen LogP contribution < -0.4 is 5.73 Å². The molecule has 1 aliphatic rings. The van der Waals surface area contributed by atoms with Crippen LogP contribution in [0.25, 0.3) is 11.0 Å². The molecule has 3 rings (SSSR count). The quantitative estimate of drug-likeness (QED) is 0.868. The smallest absolute Gasteiger partial charge is 0.0890 e. The molecule has 0 amide bonds. The second-order valence-electron chi connectivity index (χ2n) is 5.10. The molecule has 0 aliphatic carbocycles. The monoisotopic (exact) mass is 242 g/mol. The zero-order chi connectivity index (χ0) is 12.5. The molecule has 0 saturated carbocycles. The van der Waals surface area contributed by atoms with Gasteiger partial charge in [-0.2, -0.15) is 0 Å². The minimum atomic E-state index is 0.463. The molecule has 4 nitrogen and oxygen atoms in total. The third-order valence-electron chi connectivity index (χ3n) is 3.85. The first kappa shape index (κ1) is 11.6. The van der Waals surface area contributed by atoms with Crippen molar-refractivity contribution in [2.45, 2.75) is 12.5 Å². The Kier molecular flexibility index (Phi) is 2.97. The second-order valence-corrected chi connectivity index (χ2v) is 5.10. The fourth-order valence-corrected chi connectivity index (χ4v) is 2.85. The zero-order valence-corrected chi connectivity index (χ0v) is 10.6. The Morgan fingerprint density at radius 1 is 1.28 bits per heavy atom. The number of hydrogen-bond donors (Lipinski definition) is 1. The third-order valence-corrected chi connectivity index (χ3v) is 3.85. The Bertz CT molecular complexity index is 554. The average molecular weight is 242 g/mol. The number of benzene rings is 1. The first-order valence-corrected chi connectivity index (χ1v) is 6.39. The van der Waals surface area contributed by atoms with Crippen LogP contribution in [-0.2, 0) is 0 Å². The maximum Gasteiger partial charge on any atom is 0.0890 e. The number of likely N-dealkylation sites (tertiary alicyclic amines) is 1. The predicted molar refractivity (Wildman–Crippen MR) is 72.1 cm³/mol. The van der Waals surface area contributed by atoms with Gasteiger partial charge in [0.15, 0.2) is 0 Å². The summed E-state index contributed by atoms with van der Waals surface area (Å²) < 4.78 is 0. The average Bonchev–Trinajstić information content (AvgIpc) is 2.79. The van der Waals surface area contributed by atoms with E-state index in [-0.39, 0.29) is 0 Å². The van der Waals surface area contributed by atoms with Gasteiger partial charge in [0.2, 0.25) is 0 Å². The summed E-state index contributed by atoms with van der Waals surface area (Å²) in [5.41, 5.74) is 9.03. The normalized spacial score (nSPS) is 24.8. The fourth-order valence-electron chi connectivity index (χ4n) is 2.85. The van der Waals surface area contributed by atoms with Gasteiger partial charge in [-0.25, -0.2) is 0 Å². The van der Waals surface area contributed by atoms with Crippen molar-refractivity contribution in [3.05, 3.63) is 36.2 Å². The van der Waals surface area contributed by atoms with E-state index < -0.39 is 0 Å². The highest BCUT2D eigenvalue weighted by atomic mass is 15.2. The van der Waals surface area contributed by atoms with E-state index in [1.165, 1.54) is 5.56 Å². The Morgan fingerprint density at radius 3 is 2.78 bits per heavy atom. The van der Waals surface area contributed by atoms with Crippen LogP contribution >= 0.6 is 0 Å². The highest BCUT2D eigenvalue weighted by Gasteiger charge is 2.29. The SMILES string of the molecule is CN1CC(CN)CC1c1ccc2nccnc2c1. The molecule has 1 saturated heterocycles. The molecule has 2 unspecified atom stereocenters. The number of nitrogens with two attached hydrogens (primary N) is 1. The number of nitrogens with zero attached hydrogens (tertiary/aromatic N) is 3. The summed E-state index contributed by atoms with van der Waals surface area (Å²) in [5, 5.41) is 0. The molecule has 94 valence electrons. The van der Waals surface area contributed by atoms with Crippen molar-refractivity contribution < 1.29 is 0 Å². The molecular weight excluding hydrogens is 224 g/mol. The summed E-state index contributed by atoms with van der Waals surface area (Å²) in [7, 11) is 2.17. The van der Waals surface area contributed by atoms with E-state index in [2.05, 4.69) is 40.1 Å². The molecule has 1 fully saturated rings. The minimum Gasteiger partial charge on any atom is -0.330 e. The van der Waals surface area contributed by atoms with Gasteiger partial charge in [0.05, 0.1) is 11.0 Å². The second kappa shape index (κ2) is 4.63. The van der Waals surface area contributed by atoms with Crippen molar-refractivity contribution in [1.29, 1.82) is 0 Å². The largest absolute Gasteiger partial charge is 0.330 e. The lowest BCUT2D eigenvalue weighted by molar-refractivity contribution is 0.314. The van der Waals surface area contributed by atoms with Gasteiger partial charge in [0, 0.05) is 25.0 Å². The van der Waals surface area contributed by atoms with Gasteiger partial charge in [-0.15, -0.1) is 0 Å². The Hall–Kier alpha value is -1.52. The van der Waals surface area contributed by atoms with Crippen LogP contribution in [0, 0.1) is 5.92 Å². The van der Waals surface area contributed by atoms with Crippen LogP contribution in [0.3, 0.4) is 0 Å². The lowest BCUT2D eigenvalue weighted by atomic mass is 9.99. The number of aromatic nitrogens is 2. The zero-order valence-electron chi connectivity index (χ0n) is 10.6. The van der Waals surface area contributed by atoms with Gasteiger partial charge in [-0.05, 0) is 43.6 Å². The molecule has 1 aromatic heterocycles. The van der Waals surface area contributed by atoms with Crippen molar-refractivity contribution >= 4 is 11.0 Å². The minimum absolute atomic E-state index is 0.463. The molecule has 0 radical (unpaired) electrons. The molecule has 2 atom stereocenters. The van der Waals surface area contributed by atoms with Gasteiger partial charge >= 0.3 is 0 Å². The third kappa shape index (κ3) is 1.98. The molecule has 4 heteroatoms. The molecule has 18 heavy (non-hydrogen) atoms. The summed E-state index contributed by atoms with van der Waals surface area (Å²) in [5.74, 6) is 0.609. The molecule has 2 N–H and O–H groups in total. The maximum absolute atomic E-state index is 5.78. The van der Waals surface area contributed by atoms with E-state index in [1.807, 2.05) is 0 Å². The Morgan fingerprint density at radius 2 is 2.06 bits per heavy atom. The van der Waals surface area contributed by atoms with Crippen LogP contribution in [0.4, 0.5) is 0 Å². The standard InChI is InChI=1S/C14H18N4/c1-18-9-10(8-15)6-14(18)11-2-3-12-13(7-11)17-5-4-16-12/h2-5,7,10,14H,6,8-9,15H2,1H3. The van der Waals surface area contributed by atoms with E-state index >= 15 is 0 Å². The van der Waals surface area contributed by atoms with E-state index in [0.717, 1.165) is 30.5 Å². The van der Waals surface area contributed by atoms with Gasteiger partial charge < -0.3 is 5.73 Å². The van der Waals surface area contributed by atoms with Crippen molar-refractivity contribution in [3.8, 4) is 0 Å². The summed E-state index contributed by atoms with van der Waals surface area (Å²) >= 11 is 0. The van der Waals surface area contributed by atoms with Gasteiger partial charge in [-0.3, -0.25) is 14.9 Å². The molecule has 2 aromatic rings. The number of hydrogen-bond acceptors (Lipinski definition) is 4. The molecule has 1 aromatic carbocycles. The first-order valence-electron chi connectivity index (χ1n) is 6.39. The lowest BCUT2D eigenvalue weighted by Gasteiger charge is -2.19. The summed E-state index contributed by atoms with van der Waals surface area (Å²) in [6.07, 6.45) is 4.61. The van der Waals surface area contributed by atoms with Gasteiger partial charge in [0.1, 0.15) is 0 Å². The van der Waals surface area contributed by atoms with Crippen LogP contribution in [0.2, 0.25) is 0 Å².